The SMILES string of the molecule is COCCNC1CCC(Nc2cc(-c3cc(NCC4CC4)cnc3Cl)c(Cl)cn2)CC1. The van der Waals surface area contributed by atoms with E-state index in [0.717, 1.165) is 73.9 Å². The van der Waals surface area contributed by atoms with Crippen LogP contribution < -0.4 is 16.0 Å². The van der Waals surface area contributed by atoms with Crippen molar-refractivity contribution in [2.75, 3.05) is 37.4 Å². The first-order valence-corrected chi connectivity index (χ1v) is 11.9. The predicted octanol–water partition coefficient (Wildman–Crippen LogP) is 5.23. The molecule has 8 heteroatoms. The minimum Gasteiger partial charge on any atom is -0.384 e. The maximum atomic E-state index is 6.50. The first kappa shape index (κ1) is 22.6. The number of anilines is 2. The molecule has 0 amide bonds. The molecule has 0 bridgehead atoms. The van der Waals surface area contributed by atoms with Gasteiger partial charge >= 0.3 is 0 Å². The van der Waals surface area contributed by atoms with Crippen LogP contribution in [0, 0.1) is 5.92 Å². The van der Waals surface area contributed by atoms with Crippen molar-refractivity contribution in [2.45, 2.75) is 50.6 Å². The zero-order valence-electron chi connectivity index (χ0n) is 18.0. The Kier molecular flexibility index (Phi) is 7.88. The summed E-state index contributed by atoms with van der Waals surface area (Å²) in [4.78, 5) is 8.87. The van der Waals surface area contributed by atoms with E-state index in [1.54, 1.807) is 19.5 Å². The molecule has 3 N–H and O–H groups in total. The molecule has 2 aromatic rings. The molecule has 2 aliphatic carbocycles. The fraction of sp³-hybridized carbons (Fsp3) is 0.565. The van der Waals surface area contributed by atoms with Crippen LogP contribution in [0.15, 0.2) is 24.5 Å². The average Bonchev–Trinajstić information content (AvgIpc) is 3.61. The van der Waals surface area contributed by atoms with Crippen molar-refractivity contribution in [3.05, 3.63) is 34.7 Å². The van der Waals surface area contributed by atoms with Crippen molar-refractivity contribution in [2.24, 2.45) is 5.92 Å². The third-order valence-electron chi connectivity index (χ3n) is 6.09. The van der Waals surface area contributed by atoms with Crippen molar-refractivity contribution in [3.8, 4) is 11.1 Å². The number of pyridine rings is 2. The van der Waals surface area contributed by atoms with Crippen LogP contribution in [0.5, 0.6) is 0 Å². The molecule has 2 fully saturated rings. The molecule has 0 saturated heterocycles. The van der Waals surface area contributed by atoms with Crippen LogP contribution >= 0.6 is 23.2 Å². The van der Waals surface area contributed by atoms with Gasteiger partial charge < -0.3 is 20.7 Å². The molecule has 0 spiro atoms. The number of hydrogen-bond acceptors (Lipinski definition) is 6. The summed E-state index contributed by atoms with van der Waals surface area (Å²) in [6.07, 6.45) is 10.6. The summed E-state index contributed by atoms with van der Waals surface area (Å²) in [5.41, 5.74) is 2.64. The monoisotopic (exact) mass is 463 g/mol. The highest BCUT2D eigenvalue weighted by Crippen LogP contribution is 2.36. The summed E-state index contributed by atoms with van der Waals surface area (Å²) in [6, 6.07) is 4.98. The Morgan fingerprint density at radius 1 is 0.968 bits per heavy atom. The molecule has 0 aliphatic heterocycles. The lowest BCUT2D eigenvalue weighted by Gasteiger charge is -2.30. The third-order valence-corrected chi connectivity index (χ3v) is 6.70. The molecular formula is C23H31Cl2N5O. The molecule has 2 heterocycles. The van der Waals surface area contributed by atoms with Gasteiger partial charge in [-0.05, 0) is 56.6 Å². The van der Waals surface area contributed by atoms with E-state index in [1.165, 1.54) is 12.8 Å². The van der Waals surface area contributed by atoms with Gasteiger partial charge in [-0.2, -0.15) is 0 Å². The summed E-state index contributed by atoms with van der Waals surface area (Å²) < 4.78 is 5.12. The van der Waals surface area contributed by atoms with Gasteiger partial charge in [-0.1, -0.05) is 23.2 Å². The molecule has 2 aromatic heterocycles. The summed E-state index contributed by atoms with van der Waals surface area (Å²) in [5.74, 6) is 1.60. The van der Waals surface area contributed by atoms with Crippen LogP contribution in [-0.2, 0) is 4.74 Å². The second kappa shape index (κ2) is 10.8. The first-order valence-electron chi connectivity index (χ1n) is 11.2. The molecule has 31 heavy (non-hydrogen) atoms. The maximum Gasteiger partial charge on any atom is 0.137 e. The molecule has 0 atom stereocenters. The van der Waals surface area contributed by atoms with Crippen LogP contribution in [0.4, 0.5) is 11.5 Å². The van der Waals surface area contributed by atoms with Crippen LogP contribution in [-0.4, -0.2) is 48.9 Å². The maximum absolute atomic E-state index is 6.50. The zero-order valence-corrected chi connectivity index (χ0v) is 19.5. The van der Waals surface area contributed by atoms with Crippen molar-refractivity contribution < 1.29 is 4.74 Å². The van der Waals surface area contributed by atoms with Crippen LogP contribution in [0.1, 0.15) is 38.5 Å². The van der Waals surface area contributed by atoms with Crippen LogP contribution in [0.3, 0.4) is 0 Å². The van der Waals surface area contributed by atoms with Gasteiger partial charge in [0.05, 0.1) is 23.5 Å². The zero-order chi connectivity index (χ0) is 21.6. The second-order valence-electron chi connectivity index (χ2n) is 8.58. The number of aromatic nitrogens is 2. The number of methoxy groups -OCH3 is 1. The van der Waals surface area contributed by atoms with Crippen molar-refractivity contribution >= 4 is 34.7 Å². The third kappa shape index (κ3) is 6.45. The highest BCUT2D eigenvalue weighted by atomic mass is 35.5. The van der Waals surface area contributed by atoms with E-state index in [0.29, 0.717) is 22.3 Å². The summed E-state index contributed by atoms with van der Waals surface area (Å²) >= 11 is 12.9. The minimum atomic E-state index is 0.405. The molecule has 2 aliphatic rings. The van der Waals surface area contributed by atoms with Gasteiger partial charge in [0.2, 0.25) is 0 Å². The van der Waals surface area contributed by atoms with Crippen LogP contribution in [0.25, 0.3) is 11.1 Å². The van der Waals surface area contributed by atoms with E-state index in [1.807, 2.05) is 12.1 Å². The number of hydrogen-bond donors (Lipinski definition) is 3. The Balaban J connectivity index is 1.40. The second-order valence-corrected chi connectivity index (χ2v) is 9.34. The number of nitrogens with one attached hydrogen (secondary N) is 3. The van der Waals surface area contributed by atoms with Crippen molar-refractivity contribution in [1.82, 2.24) is 15.3 Å². The number of ether oxygens (including phenoxy) is 1. The Morgan fingerprint density at radius 2 is 1.74 bits per heavy atom. The Morgan fingerprint density at radius 3 is 2.48 bits per heavy atom. The van der Waals surface area contributed by atoms with E-state index in [-0.39, 0.29) is 0 Å². The largest absolute Gasteiger partial charge is 0.384 e. The molecule has 0 aromatic carbocycles. The molecule has 0 unspecified atom stereocenters. The number of rotatable bonds is 10. The fourth-order valence-corrected chi connectivity index (χ4v) is 4.47. The molecule has 2 saturated carbocycles. The van der Waals surface area contributed by atoms with Gasteiger partial charge in [0, 0.05) is 49.6 Å². The van der Waals surface area contributed by atoms with Gasteiger partial charge in [-0.3, -0.25) is 0 Å². The Labute approximate surface area is 194 Å². The predicted molar refractivity (Wildman–Crippen MR) is 128 cm³/mol. The number of nitrogens with zero attached hydrogens (tertiary/aromatic N) is 2. The van der Waals surface area contributed by atoms with E-state index in [2.05, 4.69) is 25.9 Å². The summed E-state index contributed by atoms with van der Waals surface area (Å²) in [6.45, 7) is 2.64. The van der Waals surface area contributed by atoms with Gasteiger partial charge in [0.15, 0.2) is 0 Å². The first-order chi connectivity index (χ1) is 15.1. The quantitative estimate of drug-likeness (QED) is 0.330. The standard InChI is InChI=1S/C23H31Cl2N5O/c1-31-9-8-26-16-4-6-17(7-5-16)30-22-11-19(21(24)14-28-22)20-10-18(13-29-23(20)25)27-12-15-2-3-15/h10-11,13-17,26-27H,2-9,12H2,1H3,(H,28,30). The van der Waals surface area contributed by atoms with Crippen molar-refractivity contribution in [1.29, 1.82) is 0 Å². The van der Waals surface area contributed by atoms with Gasteiger partial charge in [-0.15, -0.1) is 0 Å². The van der Waals surface area contributed by atoms with E-state index in [4.69, 9.17) is 27.9 Å². The Bertz CT molecular complexity index is 869. The molecule has 4 rings (SSSR count). The fourth-order valence-electron chi connectivity index (χ4n) is 4.06. The summed E-state index contributed by atoms with van der Waals surface area (Å²) in [7, 11) is 1.74. The molecule has 6 nitrogen and oxygen atoms in total. The highest BCUT2D eigenvalue weighted by molar-refractivity contribution is 6.36. The van der Waals surface area contributed by atoms with Gasteiger partial charge in [-0.25, -0.2) is 9.97 Å². The lowest BCUT2D eigenvalue weighted by atomic mass is 9.91. The normalized spacial score (nSPS) is 21.1. The molecular weight excluding hydrogens is 433 g/mol. The van der Waals surface area contributed by atoms with E-state index >= 15 is 0 Å². The molecule has 168 valence electrons. The van der Waals surface area contributed by atoms with Crippen molar-refractivity contribution in [3.63, 3.8) is 0 Å². The lowest BCUT2D eigenvalue weighted by Crippen LogP contribution is -2.38. The average molecular weight is 464 g/mol. The van der Waals surface area contributed by atoms with Crippen LogP contribution in [0.2, 0.25) is 10.2 Å². The Hall–Kier alpha value is -1.60. The van der Waals surface area contributed by atoms with Gasteiger partial charge in [0.25, 0.3) is 0 Å². The minimum absolute atomic E-state index is 0.405. The summed E-state index contributed by atoms with van der Waals surface area (Å²) in [5, 5.41) is 11.6. The van der Waals surface area contributed by atoms with Gasteiger partial charge in [0.1, 0.15) is 11.0 Å². The highest BCUT2D eigenvalue weighted by Gasteiger charge is 2.22. The smallest absolute Gasteiger partial charge is 0.137 e. The van der Waals surface area contributed by atoms with E-state index in [9.17, 15) is 0 Å². The molecule has 0 radical (unpaired) electrons. The lowest BCUT2D eigenvalue weighted by molar-refractivity contribution is 0.191. The topological polar surface area (TPSA) is 71.1 Å². The number of halogens is 2. The van der Waals surface area contributed by atoms with E-state index < -0.39 is 0 Å².